The normalized spacial score (nSPS) is 16.5. The Morgan fingerprint density at radius 3 is 2.43 bits per heavy atom. The zero-order valence-corrected chi connectivity index (χ0v) is 16.4. The molecule has 1 saturated heterocycles. The van der Waals surface area contributed by atoms with Crippen molar-refractivity contribution in [3.63, 3.8) is 0 Å². The van der Waals surface area contributed by atoms with Gasteiger partial charge >= 0.3 is 0 Å². The van der Waals surface area contributed by atoms with Gasteiger partial charge in [0.25, 0.3) is 5.56 Å². The summed E-state index contributed by atoms with van der Waals surface area (Å²) in [4.78, 5) is 32.0. The van der Waals surface area contributed by atoms with Gasteiger partial charge in [0.05, 0.1) is 6.33 Å². The molecule has 1 unspecified atom stereocenters. The molecule has 146 valence electrons. The van der Waals surface area contributed by atoms with Crippen molar-refractivity contribution in [2.24, 2.45) is 0 Å². The van der Waals surface area contributed by atoms with Crippen molar-refractivity contribution >= 4 is 29.2 Å². The van der Waals surface area contributed by atoms with Crippen molar-refractivity contribution in [1.82, 2.24) is 24.6 Å². The van der Waals surface area contributed by atoms with E-state index in [-0.39, 0.29) is 11.5 Å². The molecule has 1 amide bonds. The fraction of sp³-hybridized carbons (Fsp3) is 0.400. The Bertz CT molecular complexity index is 1080. The van der Waals surface area contributed by atoms with Crippen LogP contribution in [0.3, 0.4) is 0 Å². The summed E-state index contributed by atoms with van der Waals surface area (Å²) in [6.07, 6.45) is 7.08. The van der Waals surface area contributed by atoms with Gasteiger partial charge in [0, 0.05) is 13.1 Å². The number of aromatic nitrogens is 4. The highest BCUT2D eigenvalue weighted by molar-refractivity contribution is 7.71. The third kappa shape index (κ3) is 3.52. The molecule has 1 atom stereocenters. The van der Waals surface area contributed by atoms with Gasteiger partial charge in [-0.3, -0.25) is 19.8 Å². The second-order valence-corrected chi connectivity index (χ2v) is 7.55. The summed E-state index contributed by atoms with van der Waals surface area (Å²) in [6.45, 7) is 1.49. The zero-order chi connectivity index (χ0) is 19.5. The first-order valence-electron chi connectivity index (χ1n) is 9.68. The summed E-state index contributed by atoms with van der Waals surface area (Å²) in [7, 11) is 0. The van der Waals surface area contributed by atoms with Crippen LogP contribution < -0.4 is 5.56 Å². The lowest BCUT2D eigenvalue weighted by atomic mass is 10.0. The van der Waals surface area contributed by atoms with Crippen molar-refractivity contribution in [2.75, 3.05) is 13.1 Å². The summed E-state index contributed by atoms with van der Waals surface area (Å²) in [5, 5.41) is 5.54. The van der Waals surface area contributed by atoms with Gasteiger partial charge in [-0.2, -0.15) is 0 Å². The quantitative estimate of drug-likeness (QED) is 0.665. The molecule has 2 N–H and O–H groups in total. The number of carbonyl (C=O) groups excluding carboxylic acids is 1. The van der Waals surface area contributed by atoms with E-state index in [4.69, 9.17) is 12.2 Å². The molecule has 0 bridgehead atoms. The minimum absolute atomic E-state index is 0.00249. The molecule has 1 aliphatic rings. The average Bonchev–Trinajstić information content (AvgIpc) is 3.06. The van der Waals surface area contributed by atoms with Crippen LogP contribution in [-0.4, -0.2) is 43.6 Å². The molecule has 1 aliphatic heterocycles. The molecule has 8 heteroatoms. The van der Waals surface area contributed by atoms with Crippen LogP contribution in [0.5, 0.6) is 0 Å². The number of hydrogen-bond donors (Lipinski definition) is 2. The number of amides is 1. The van der Waals surface area contributed by atoms with E-state index in [0.717, 1.165) is 44.3 Å². The van der Waals surface area contributed by atoms with E-state index in [2.05, 4.69) is 15.2 Å². The minimum atomic E-state index is -0.640. The SMILES string of the molecule is O=C(C(c1ccccc1)n1cnc2[nH][nH]c(=O)c2c1=S)N1CCCCCCC1. The van der Waals surface area contributed by atoms with Crippen molar-refractivity contribution in [3.05, 3.63) is 57.2 Å². The second kappa shape index (κ2) is 8.10. The van der Waals surface area contributed by atoms with E-state index in [1.165, 1.54) is 6.42 Å². The summed E-state index contributed by atoms with van der Waals surface area (Å²) in [5.74, 6) is -0.00249. The van der Waals surface area contributed by atoms with Crippen LogP contribution in [0.25, 0.3) is 11.0 Å². The van der Waals surface area contributed by atoms with Crippen molar-refractivity contribution in [2.45, 2.75) is 38.1 Å². The molecule has 0 spiro atoms. The molecule has 1 aromatic carbocycles. The lowest BCUT2D eigenvalue weighted by Crippen LogP contribution is -2.40. The maximum absolute atomic E-state index is 13.6. The van der Waals surface area contributed by atoms with E-state index in [0.29, 0.717) is 15.7 Å². The molecule has 3 heterocycles. The second-order valence-electron chi connectivity index (χ2n) is 7.17. The number of H-pyrrole nitrogens is 2. The molecular weight excluding hydrogens is 374 g/mol. The standard InChI is InChI=1S/C20H23N5O2S/c26-18-15-17(22-23-18)21-13-25(20(15)28)16(14-9-5-4-6-10-14)19(27)24-11-7-2-1-3-8-12-24/h4-6,9-10,13,16H,1-3,7-8,11-12H2,(H2,22,23,26). The molecular formula is C20H23N5O2S. The molecule has 1 fully saturated rings. The highest BCUT2D eigenvalue weighted by Crippen LogP contribution is 2.24. The molecule has 0 radical (unpaired) electrons. The molecule has 3 aromatic rings. The lowest BCUT2D eigenvalue weighted by Gasteiger charge is -2.30. The Balaban J connectivity index is 1.82. The van der Waals surface area contributed by atoms with E-state index in [1.807, 2.05) is 35.2 Å². The third-order valence-corrected chi connectivity index (χ3v) is 5.73. The molecule has 0 saturated carbocycles. The first-order valence-corrected chi connectivity index (χ1v) is 10.1. The fourth-order valence-electron chi connectivity index (χ4n) is 3.83. The van der Waals surface area contributed by atoms with Crippen molar-refractivity contribution < 1.29 is 4.79 Å². The highest BCUT2D eigenvalue weighted by atomic mass is 32.1. The maximum atomic E-state index is 13.6. The summed E-state index contributed by atoms with van der Waals surface area (Å²) < 4.78 is 1.96. The Morgan fingerprint density at radius 2 is 1.71 bits per heavy atom. The first-order chi connectivity index (χ1) is 13.7. The molecule has 7 nitrogen and oxygen atoms in total. The summed E-state index contributed by atoms with van der Waals surface area (Å²) >= 11 is 5.59. The molecule has 0 aliphatic carbocycles. The number of likely N-dealkylation sites (tertiary alicyclic amines) is 1. The third-order valence-electron chi connectivity index (χ3n) is 5.31. The van der Waals surface area contributed by atoms with Crippen LogP contribution in [0.15, 0.2) is 41.5 Å². The monoisotopic (exact) mass is 397 g/mol. The van der Waals surface area contributed by atoms with E-state index >= 15 is 0 Å². The first kappa shape index (κ1) is 18.6. The van der Waals surface area contributed by atoms with E-state index in [1.54, 1.807) is 10.9 Å². The summed E-state index contributed by atoms with van der Waals surface area (Å²) in [6, 6.07) is 8.92. The largest absolute Gasteiger partial charge is 0.341 e. The number of benzene rings is 1. The number of hydrogen-bond acceptors (Lipinski definition) is 4. The van der Waals surface area contributed by atoms with E-state index in [9.17, 15) is 9.59 Å². The highest BCUT2D eigenvalue weighted by Gasteiger charge is 2.28. The predicted octanol–water partition coefficient (Wildman–Crippen LogP) is 3.16. The average molecular weight is 398 g/mol. The van der Waals surface area contributed by atoms with Crippen molar-refractivity contribution in [3.8, 4) is 0 Å². The van der Waals surface area contributed by atoms with Crippen LogP contribution in [0.4, 0.5) is 0 Å². The number of aromatic amines is 2. The van der Waals surface area contributed by atoms with Crippen LogP contribution in [0.1, 0.15) is 43.7 Å². The van der Waals surface area contributed by atoms with Crippen molar-refractivity contribution in [1.29, 1.82) is 0 Å². The number of carbonyl (C=O) groups is 1. The van der Waals surface area contributed by atoms with Gasteiger partial charge < -0.3 is 9.47 Å². The Hall–Kier alpha value is -2.74. The topological polar surface area (TPSA) is 86.8 Å². The molecule has 28 heavy (non-hydrogen) atoms. The van der Waals surface area contributed by atoms with E-state index < -0.39 is 6.04 Å². The fourth-order valence-corrected chi connectivity index (χ4v) is 4.17. The Labute approximate surface area is 167 Å². The van der Waals surface area contributed by atoms with Crippen LogP contribution >= 0.6 is 12.2 Å². The number of fused-ring (bicyclic) bond motifs is 1. The van der Waals surface area contributed by atoms with Crippen LogP contribution in [0, 0.1) is 4.64 Å². The lowest BCUT2D eigenvalue weighted by molar-refractivity contribution is -0.134. The zero-order valence-electron chi connectivity index (χ0n) is 15.6. The minimum Gasteiger partial charge on any atom is -0.341 e. The predicted molar refractivity (Wildman–Crippen MR) is 110 cm³/mol. The van der Waals surface area contributed by atoms with Gasteiger partial charge in [-0.1, -0.05) is 61.8 Å². The van der Waals surface area contributed by atoms with Gasteiger partial charge in [0.2, 0.25) is 5.91 Å². The van der Waals surface area contributed by atoms with Gasteiger partial charge in [0.15, 0.2) is 5.65 Å². The van der Waals surface area contributed by atoms with Gasteiger partial charge in [-0.15, -0.1) is 0 Å². The molecule has 4 rings (SSSR count). The Morgan fingerprint density at radius 1 is 1.04 bits per heavy atom. The smallest absolute Gasteiger partial charge is 0.276 e. The number of rotatable bonds is 3. The molecule has 2 aromatic heterocycles. The van der Waals surface area contributed by atoms with Crippen LogP contribution in [0.2, 0.25) is 0 Å². The number of nitrogens with zero attached hydrogens (tertiary/aromatic N) is 3. The number of nitrogens with one attached hydrogen (secondary N) is 2. The van der Waals surface area contributed by atoms with Gasteiger partial charge in [-0.05, 0) is 18.4 Å². The van der Waals surface area contributed by atoms with Gasteiger partial charge in [0.1, 0.15) is 16.1 Å². The Kier molecular flexibility index (Phi) is 5.38. The maximum Gasteiger partial charge on any atom is 0.276 e. The van der Waals surface area contributed by atoms with Gasteiger partial charge in [-0.25, -0.2) is 4.98 Å². The summed E-state index contributed by atoms with van der Waals surface area (Å²) in [5.41, 5.74) is 0.905. The van der Waals surface area contributed by atoms with Crippen LogP contribution in [-0.2, 0) is 4.79 Å².